The fourth-order valence-electron chi connectivity index (χ4n) is 1.71. The first-order chi connectivity index (χ1) is 8.25. The molecular weight excluding hydrogens is 256 g/mol. The third-order valence-corrected chi connectivity index (χ3v) is 2.62. The Morgan fingerprint density at radius 3 is 2.56 bits per heavy atom. The van der Waals surface area contributed by atoms with Crippen molar-refractivity contribution in [3.05, 3.63) is 11.8 Å². The van der Waals surface area contributed by atoms with E-state index in [4.69, 9.17) is 10.8 Å². The third-order valence-electron chi connectivity index (χ3n) is 2.62. The smallest absolute Gasteiger partial charge is 0.393 e. The molecule has 0 saturated carbocycles. The highest BCUT2D eigenvalue weighted by atomic mass is 19.4. The maximum Gasteiger partial charge on any atom is 0.421 e. The Bertz CT molecular complexity index is 458. The van der Waals surface area contributed by atoms with E-state index in [2.05, 4.69) is 9.97 Å². The Morgan fingerprint density at radius 2 is 2.06 bits per heavy atom. The number of hydrogen-bond donors (Lipinski definition) is 2. The Kier molecular flexibility index (Phi) is 2.80. The second-order valence-electron chi connectivity index (χ2n) is 4.13. The Morgan fingerprint density at radius 1 is 1.44 bits per heavy atom. The molecule has 1 aromatic rings. The molecule has 5 nitrogen and oxygen atoms in total. The third kappa shape index (κ3) is 2.17. The zero-order chi connectivity index (χ0) is 13.6. The molecule has 1 aromatic heterocycles. The lowest BCUT2D eigenvalue weighted by Crippen LogP contribution is -2.61. The minimum atomic E-state index is -4.64. The van der Waals surface area contributed by atoms with Gasteiger partial charge in [-0.3, -0.25) is 0 Å². The summed E-state index contributed by atoms with van der Waals surface area (Å²) >= 11 is 0. The van der Waals surface area contributed by atoms with Gasteiger partial charge in [0.15, 0.2) is 5.67 Å². The highest BCUT2D eigenvalue weighted by Gasteiger charge is 2.47. The van der Waals surface area contributed by atoms with Gasteiger partial charge >= 0.3 is 6.18 Å². The second-order valence-corrected chi connectivity index (χ2v) is 4.13. The molecule has 1 fully saturated rings. The predicted octanol–water partition coefficient (Wildman–Crippen LogP) is 0.598. The Labute approximate surface area is 99.2 Å². The number of halogens is 4. The van der Waals surface area contributed by atoms with E-state index in [0.29, 0.717) is 6.20 Å². The van der Waals surface area contributed by atoms with Gasteiger partial charge in [-0.1, -0.05) is 0 Å². The summed E-state index contributed by atoms with van der Waals surface area (Å²) in [7, 11) is 0. The van der Waals surface area contributed by atoms with Crippen LogP contribution in [0.5, 0.6) is 0 Å². The first-order valence-electron chi connectivity index (χ1n) is 5.00. The largest absolute Gasteiger partial charge is 0.421 e. The summed E-state index contributed by atoms with van der Waals surface area (Å²) in [5.74, 6) is -0.782. The van der Waals surface area contributed by atoms with Crippen molar-refractivity contribution in [2.75, 3.05) is 30.3 Å². The average molecular weight is 266 g/mol. The number of nitrogens with zero attached hydrogens (tertiary/aromatic N) is 3. The van der Waals surface area contributed by atoms with Crippen molar-refractivity contribution in [1.82, 2.24) is 9.97 Å². The molecule has 0 amide bonds. The summed E-state index contributed by atoms with van der Waals surface area (Å²) < 4.78 is 51.5. The van der Waals surface area contributed by atoms with Gasteiger partial charge in [0.1, 0.15) is 11.4 Å². The van der Waals surface area contributed by atoms with E-state index >= 15 is 0 Å². The fraction of sp³-hybridized carbons (Fsp3) is 0.556. The number of aromatic nitrogens is 2. The highest BCUT2D eigenvalue weighted by molar-refractivity contribution is 5.53. The Hall–Kier alpha value is -1.64. The molecule has 3 N–H and O–H groups in total. The van der Waals surface area contributed by atoms with Crippen LogP contribution in [0.4, 0.5) is 29.3 Å². The highest BCUT2D eigenvalue weighted by Crippen LogP contribution is 2.39. The van der Waals surface area contributed by atoms with Gasteiger partial charge in [0.2, 0.25) is 5.95 Å². The van der Waals surface area contributed by atoms with E-state index in [1.54, 1.807) is 0 Å². The molecule has 100 valence electrons. The van der Waals surface area contributed by atoms with Crippen LogP contribution in [-0.2, 0) is 6.18 Å². The molecule has 0 atom stereocenters. The van der Waals surface area contributed by atoms with E-state index < -0.39 is 29.8 Å². The number of alkyl halides is 4. The van der Waals surface area contributed by atoms with Gasteiger partial charge < -0.3 is 15.7 Å². The van der Waals surface area contributed by atoms with Crippen molar-refractivity contribution >= 4 is 11.8 Å². The summed E-state index contributed by atoms with van der Waals surface area (Å²) in [6.45, 7) is -1.46. The van der Waals surface area contributed by atoms with Crippen molar-refractivity contribution in [1.29, 1.82) is 0 Å². The molecule has 0 aromatic carbocycles. The summed E-state index contributed by atoms with van der Waals surface area (Å²) in [5.41, 5.74) is 2.27. The van der Waals surface area contributed by atoms with Gasteiger partial charge in [-0.2, -0.15) is 18.2 Å². The molecule has 1 saturated heterocycles. The Balaban J connectivity index is 2.31. The zero-order valence-corrected chi connectivity index (χ0v) is 9.08. The number of nitrogen functional groups attached to an aromatic ring is 1. The molecule has 18 heavy (non-hydrogen) atoms. The molecule has 0 unspecified atom stereocenters. The molecule has 0 aliphatic carbocycles. The van der Waals surface area contributed by atoms with Crippen molar-refractivity contribution in [2.24, 2.45) is 0 Å². The fourth-order valence-corrected chi connectivity index (χ4v) is 1.71. The van der Waals surface area contributed by atoms with Crippen LogP contribution in [0.2, 0.25) is 0 Å². The van der Waals surface area contributed by atoms with Crippen molar-refractivity contribution < 1.29 is 22.7 Å². The number of anilines is 2. The first-order valence-corrected chi connectivity index (χ1v) is 5.00. The summed E-state index contributed by atoms with van der Waals surface area (Å²) in [6, 6.07) is 0. The van der Waals surface area contributed by atoms with E-state index in [-0.39, 0.29) is 19.0 Å². The van der Waals surface area contributed by atoms with Crippen molar-refractivity contribution in [3.8, 4) is 0 Å². The van der Waals surface area contributed by atoms with E-state index in [1.165, 1.54) is 0 Å². The molecular formula is C9H10F4N4O. The maximum absolute atomic E-state index is 13.5. The lowest BCUT2D eigenvalue weighted by Gasteiger charge is -2.44. The first kappa shape index (κ1) is 12.8. The van der Waals surface area contributed by atoms with Crippen molar-refractivity contribution in [2.45, 2.75) is 11.8 Å². The number of aliphatic hydroxyl groups is 1. The van der Waals surface area contributed by atoms with Gasteiger partial charge in [0, 0.05) is 6.20 Å². The number of rotatable bonds is 2. The minimum Gasteiger partial charge on any atom is -0.393 e. The molecule has 0 bridgehead atoms. The number of nitrogens with two attached hydrogens (primary N) is 1. The topological polar surface area (TPSA) is 75.3 Å². The molecule has 9 heteroatoms. The van der Waals surface area contributed by atoms with Gasteiger partial charge in [0.05, 0.1) is 19.7 Å². The van der Waals surface area contributed by atoms with Gasteiger partial charge in [-0.15, -0.1) is 0 Å². The standard InChI is InChI=1S/C9H10F4N4O/c10-8(4-18)2-17(3-8)6-5(9(11,12)13)1-15-7(14)16-6/h1,18H,2-4H2,(H2,14,15,16). The lowest BCUT2D eigenvalue weighted by molar-refractivity contribution is -0.137. The zero-order valence-electron chi connectivity index (χ0n) is 9.08. The van der Waals surface area contributed by atoms with Crippen LogP contribution in [0.1, 0.15) is 5.56 Å². The molecule has 0 spiro atoms. The van der Waals surface area contributed by atoms with Crippen LogP contribution in [0, 0.1) is 0 Å². The summed E-state index contributed by atoms with van der Waals surface area (Å²) in [6.07, 6.45) is -4.08. The number of hydrogen-bond acceptors (Lipinski definition) is 5. The number of aliphatic hydroxyl groups excluding tert-OH is 1. The molecule has 2 rings (SSSR count). The average Bonchev–Trinajstić information content (AvgIpc) is 2.23. The predicted molar refractivity (Wildman–Crippen MR) is 54.6 cm³/mol. The maximum atomic E-state index is 13.5. The molecule has 2 heterocycles. The summed E-state index contributed by atoms with van der Waals surface area (Å²) in [4.78, 5) is 7.83. The second kappa shape index (κ2) is 3.94. The van der Waals surface area contributed by atoms with E-state index in [9.17, 15) is 17.6 Å². The lowest BCUT2D eigenvalue weighted by atomic mass is 9.97. The van der Waals surface area contributed by atoms with E-state index in [0.717, 1.165) is 4.90 Å². The van der Waals surface area contributed by atoms with Crippen LogP contribution >= 0.6 is 0 Å². The van der Waals surface area contributed by atoms with Crippen LogP contribution in [0.3, 0.4) is 0 Å². The van der Waals surface area contributed by atoms with Crippen LogP contribution < -0.4 is 10.6 Å². The monoisotopic (exact) mass is 266 g/mol. The quantitative estimate of drug-likeness (QED) is 0.767. The molecule has 0 radical (unpaired) electrons. The van der Waals surface area contributed by atoms with E-state index in [1.807, 2.05) is 0 Å². The SMILES string of the molecule is Nc1ncc(C(F)(F)F)c(N2CC(F)(CO)C2)n1. The van der Waals surface area contributed by atoms with Crippen LogP contribution in [-0.4, -0.2) is 40.4 Å². The van der Waals surface area contributed by atoms with Gasteiger partial charge in [0.25, 0.3) is 0 Å². The van der Waals surface area contributed by atoms with Crippen LogP contribution in [0.15, 0.2) is 6.20 Å². The van der Waals surface area contributed by atoms with Gasteiger partial charge in [-0.25, -0.2) is 9.37 Å². The molecule has 1 aliphatic rings. The van der Waals surface area contributed by atoms with Crippen LogP contribution in [0.25, 0.3) is 0 Å². The molecule has 1 aliphatic heterocycles. The minimum absolute atomic E-state index is 0.321. The van der Waals surface area contributed by atoms with Crippen molar-refractivity contribution in [3.63, 3.8) is 0 Å². The summed E-state index contributed by atoms with van der Waals surface area (Å²) in [5, 5.41) is 8.71. The van der Waals surface area contributed by atoms with Gasteiger partial charge in [-0.05, 0) is 0 Å². The normalized spacial score (nSPS) is 18.6.